The molecule has 6 nitrogen and oxygen atoms in total. The van der Waals surface area contributed by atoms with Crippen LogP contribution >= 0.6 is 0 Å². The summed E-state index contributed by atoms with van der Waals surface area (Å²) in [6.07, 6.45) is 3.46. The number of amides is 2. The van der Waals surface area contributed by atoms with Gasteiger partial charge in [-0.1, -0.05) is 44.2 Å². The predicted molar refractivity (Wildman–Crippen MR) is 121 cm³/mol. The molecule has 1 atom stereocenters. The van der Waals surface area contributed by atoms with E-state index in [2.05, 4.69) is 15.6 Å². The molecule has 1 unspecified atom stereocenters. The van der Waals surface area contributed by atoms with Gasteiger partial charge in [0, 0.05) is 35.3 Å². The number of pyridine rings is 1. The summed E-state index contributed by atoms with van der Waals surface area (Å²) in [5.74, 6) is 0.00604. The molecule has 160 valence electrons. The summed E-state index contributed by atoms with van der Waals surface area (Å²) in [6, 6.07) is 17.6. The Bertz CT molecular complexity index is 1030. The number of benzene rings is 2. The van der Waals surface area contributed by atoms with Crippen molar-refractivity contribution in [3.05, 3.63) is 89.7 Å². The molecule has 0 saturated heterocycles. The molecule has 0 saturated carbocycles. The molecule has 0 bridgehead atoms. The number of hydrogen-bond acceptors (Lipinski definition) is 4. The normalized spacial score (nSPS) is 11.6. The standard InChI is InChI=1S/C25H27N3O3/c1-17(2)23(28-24(29)22-12-5-4-8-18(22)3)25(30)27-20-10-6-11-21(14-20)31-16-19-9-7-13-26-15-19/h4-15,17,23H,16H2,1-3H3,(H,27,30)(H,28,29). The molecule has 0 aliphatic heterocycles. The molecular weight excluding hydrogens is 390 g/mol. The van der Waals surface area contributed by atoms with Gasteiger partial charge in [0.15, 0.2) is 0 Å². The Balaban J connectivity index is 1.65. The average Bonchev–Trinajstić information content (AvgIpc) is 2.77. The molecule has 0 aliphatic rings. The second-order valence-corrected chi connectivity index (χ2v) is 7.68. The van der Waals surface area contributed by atoms with Crippen LogP contribution in [0.15, 0.2) is 73.1 Å². The molecule has 2 amide bonds. The van der Waals surface area contributed by atoms with Crippen molar-refractivity contribution >= 4 is 17.5 Å². The lowest BCUT2D eigenvalue weighted by molar-refractivity contribution is -0.118. The predicted octanol–water partition coefficient (Wildman–Crippen LogP) is 4.36. The van der Waals surface area contributed by atoms with Crippen LogP contribution in [0.25, 0.3) is 0 Å². The topological polar surface area (TPSA) is 80.3 Å². The Morgan fingerprint density at radius 3 is 2.55 bits per heavy atom. The number of carbonyl (C=O) groups is 2. The summed E-state index contributed by atoms with van der Waals surface area (Å²) in [6.45, 7) is 6.05. The zero-order chi connectivity index (χ0) is 22.2. The van der Waals surface area contributed by atoms with Crippen molar-refractivity contribution in [2.45, 2.75) is 33.4 Å². The van der Waals surface area contributed by atoms with Gasteiger partial charge in [0.1, 0.15) is 18.4 Å². The van der Waals surface area contributed by atoms with Crippen molar-refractivity contribution < 1.29 is 14.3 Å². The summed E-state index contributed by atoms with van der Waals surface area (Å²) in [4.78, 5) is 29.7. The average molecular weight is 418 g/mol. The smallest absolute Gasteiger partial charge is 0.252 e. The Labute approximate surface area is 182 Å². The van der Waals surface area contributed by atoms with Crippen LogP contribution in [-0.2, 0) is 11.4 Å². The molecule has 1 aromatic heterocycles. The third-order valence-electron chi connectivity index (χ3n) is 4.86. The Hall–Kier alpha value is -3.67. The number of ether oxygens (including phenoxy) is 1. The highest BCUT2D eigenvalue weighted by Gasteiger charge is 2.25. The van der Waals surface area contributed by atoms with Crippen LogP contribution in [0.2, 0.25) is 0 Å². The van der Waals surface area contributed by atoms with Crippen molar-refractivity contribution in [1.29, 1.82) is 0 Å². The van der Waals surface area contributed by atoms with E-state index >= 15 is 0 Å². The van der Waals surface area contributed by atoms with Gasteiger partial charge in [-0.3, -0.25) is 14.6 Å². The number of nitrogens with zero attached hydrogens (tertiary/aromatic N) is 1. The van der Waals surface area contributed by atoms with Crippen LogP contribution in [0, 0.1) is 12.8 Å². The number of anilines is 1. The van der Waals surface area contributed by atoms with Crippen molar-refractivity contribution in [1.82, 2.24) is 10.3 Å². The summed E-state index contributed by atoms with van der Waals surface area (Å²) in [7, 11) is 0. The molecule has 31 heavy (non-hydrogen) atoms. The van der Waals surface area contributed by atoms with Gasteiger partial charge in [-0.2, -0.15) is 0 Å². The Morgan fingerprint density at radius 2 is 1.84 bits per heavy atom. The van der Waals surface area contributed by atoms with Gasteiger partial charge < -0.3 is 15.4 Å². The molecular formula is C25H27N3O3. The maximum Gasteiger partial charge on any atom is 0.252 e. The zero-order valence-electron chi connectivity index (χ0n) is 18.0. The van der Waals surface area contributed by atoms with Crippen molar-refractivity contribution in [2.75, 3.05) is 5.32 Å². The van der Waals surface area contributed by atoms with Crippen molar-refractivity contribution in [3.63, 3.8) is 0 Å². The highest BCUT2D eigenvalue weighted by atomic mass is 16.5. The van der Waals surface area contributed by atoms with Gasteiger partial charge in [0.05, 0.1) is 0 Å². The highest BCUT2D eigenvalue weighted by Crippen LogP contribution is 2.19. The summed E-state index contributed by atoms with van der Waals surface area (Å²) >= 11 is 0. The molecule has 0 aliphatic carbocycles. The van der Waals surface area contributed by atoms with E-state index in [1.165, 1.54) is 0 Å². The molecule has 0 spiro atoms. The minimum absolute atomic E-state index is 0.0852. The fourth-order valence-corrected chi connectivity index (χ4v) is 3.12. The highest BCUT2D eigenvalue weighted by molar-refractivity contribution is 6.02. The van der Waals surface area contributed by atoms with E-state index in [0.717, 1.165) is 11.1 Å². The van der Waals surface area contributed by atoms with Crippen molar-refractivity contribution in [2.24, 2.45) is 5.92 Å². The zero-order valence-corrected chi connectivity index (χ0v) is 18.0. The minimum Gasteiger partial charge on any atom is -0.489 e. The second kappa shape index (κ2) is 10.4. The van der Waals surface area contributed by atoms with Gasteiger partial charge in [-0.15, -0.1) is 0 Å². The lowest BCUT2D eigenvalue weighted by atomic mass is 10.0. The monoisotopic (exact) mass is 417 g/mol. The second-order valence-electron chi connectivity index (χ2n) is 7.68. The first-order chi connectivity index (χ1) is 14.9. The van der Waals surface area contributed by atoms with E-state index < -0.39 is 6.04 Å². The van der Waals surface area contributed by atoms with Crippen LogP contribution in [0.4, 0.5) is 5.69 Å². The molecule has 0 radical (unpaired) electrons. The minimum atomic E-state index is -0.674. The summed E-state index contributed by atoms with van der Waals surface area (Å²) in [5, 5.41) is 5.75. The summed E-state index contributed by atoms with van der Waals surface area (Å²) in [5.41, 5.74) is 2.98. The fraction of sp³-hybridized carbons (Fsp3) is 0.240. The van der Waals surface area contributed by atoms with Gasteiger partial charge >= 0.3 is 0 Å². The quantitative estimate of drug-likeness (QED) is 0.571. The molecule has 2 aromatic carbocycles. The maximum atomic E-state index is 12.9. The number of carbonyl (C=O) groups excluding carboxylic acids is 2. The van der Waals surface area contributed by atoms with E-state index in [0.29, 0.717) is 23.6 Å². The van der Waals surface area contributed by atoms with E-state index in [1.807, 2.05) is 63.2 Å². The van der Waals surface area contributed by atoms with Crippen LogP contribution in [0.5, 0.6) is 5.75 Å². The van der Waals surface area contributed by atoms with Gasteiger partial charge in [0.25, 0.3) is 5.91 Å². The first-order valence-electron chi connectivity index (χ1n) is 10.2. The Morgan fingerprint density at radius 1 is 1.03 bits per heavy atom. The number of aromatic nitrogens is 1. The molecule has 3 rings (SSSR count). The van der Waals surface area contributed by atoms with E-state index in [4.69, 9.17) is 4.74 Å². The Kier molecular flexibility index (Phi) is 7.38. The third-order valence-corrected chi connectivity index (χ3v) is 4.86. The number of nitrogens with one attached hydrogen (secondary N) is 2. The largest absolute Gasteiger partial charge is 0.489 e. The first-order valence-corrected chi connectivity index (χ1v) is 10.2. The lowest BCUT2D eigenvalue weighted by Crippen LogP contribution is -2.47. The van der Waals surface area contributed by atoms with Crippen LogP contribution in [0.1, 0.15) is 35.3 Å². The van der Waals surface area contributed by atoms with E-state index in [-0.39, 0.29) is 17.7 Å². The number of rotatable bonds is 8. The SMILES string of the molecule is Cc1ccccc1C(=O)NC(C(=O)Nc1cccc(OCc2cccnc2)c1)C(C)C. The lowest BCUT2D eigenvalue weighted by Gasteiger charge is -2.22. The fourth-order valence-electron chi connectivity index (χ4n) is 3.12. The van der Waals surface area contributed by atoms with E-state index in [9.17, 15) is 9.59 Å². The van der Waals surface area contributed by atoms with Crippen LogP contribution < -0.4 is 15.4 Å². The van der Waals surface area contributed by atoms with Crippen LogP contribution in [0.3, 0.4) is 0 Å². The number of hydrogen-bond donors (Lipinski definition) is 2. The van der Waals surface area contributed by atoms with Gasteiger partial charge in [-0.25, -0.2) is 0 Å². The molecule has 2 N–H and O–H groups in total. The third kappa shape index (κ3) is 6.15. The van der Waals surface area contributed by atoms with E-state index in [1.54, 1.807) is 30.6 Å². The molecule has 1 heterocycles. The van der Waals surface area contributed by atoms with Gasteiger partial charge in [-0.05, 0) is 42.7 Å². The molecule has 6 heteroatoms. The van der Waals surface area contributed by atoms with Crippen LogP contribution in [-0.4, -0.2) is 22.8 Å². The first kappa shape index (κ1) is 22.0. The van der Waals surface area contributed by atoms with Crippen molar-refractivity contribution in [3.8, 4) is 5.75 Å². The number of aryl methyl sites for hydroxylation is 1. The molecule has 3 aromatic rings. The van der Waals surface area contributed by atoms with Gasteiger partial charge in [0.2, 0.25) is 5.91 Å². The molecule has 0 fully saturated rings. The summed E-state index contributed by atoms with van der Waals surface area (Å²) < 4.78 is 5.80. The maximum absolute atomic E-state index is 12.9.